The molecule has 0 aliphatic heterocycles. The third-order valence-electron chi connectivity index (χ3n) is 12.4. The van der Waals surface area contributed by atoms with Crippen molar-refractivity contribution in [2.24, 2.45) is 0 Å². The van der Waals surface area contributed by atoms with Crippen LogP contribution in [0.2, 0.25) is 0 Å². The summed E-state index contributed by atoms with van der Waals surface area (Å²) in [5.41, 5.74) is 17.8. The van der Waals surface area contributed by atoms with E-state index in [1.165, 1.54) is 44.2 Å². The fourth-order valence-corrected chi connectivity index (χ4v) is 9.34. The van der Waals surface area contributed by atoms with Crippen molar-refractivity contribution in [1.82, 2.24) is 4.57 Å². The molecule has 10 aromatic carbocycles. The summed E-state index contributed by atoms with van der Waals surface area (Å²) in [7, 11) is 0. The molecule has 0 fully saturated rings. The highest BCUT2D eigenvalue weighted by Gasteiger charge is 2.19. The number of hydrogen-bond acceptors (Lipinski definition) is 2. The molecule has 0 atom stereocenters. The lowest BCUT2D eigenvalue weighted by Gasteiger charge is -2.26. The standard InChI is InChI=1S/C60H40N2O/c1-3-14-41(15-4-1)43-28-33-49(34-29-43)61(50-35-30-44(31-36-50)42-16-5-2-6-17-42)51-21-12-20-47(39-51)45-18-11-19-46(38-45)48-32-37-57-55(40-48)52-22-7-9-25-56(52)62(57)58-26-13-24-54-53-23-8-10-27-59(53)63-60(54)58/h1-40H. The average Bonchev–Trinajstić information content (AvgIpc) is 3.91. The molecule has 12 rings (SSSR count). The third-order valence-corrected chi connectivity index (χ3v) is 12.4. The number of hydrogen-bond donors (Lipinski definition) is 0. The lowest BCUT2D eigenvalue weighted by Crippen LogP contribution is -2.10. The van der Waals surface area contributed by atoms with E-state index in [4.69, 9.17) is 4.42 Å². The van der Waals surface area contributed by atoms with Gasteiger partial charge in [0.15, 0.2) is 5.58 Å². The second kappa shape index (κ2) is 15.3. The highest BCUT2D eigenvalue weighted by atomic mass is 16.3. The van der Waals surface area contributed by atoms with E-state index in [0.29, 0.717) is 0 Å². The van der Waals surface area contributed by atoms with Gasteiger partial charge in [-0.2, -0.15) is 0 Å². The van der Waals surface area contributed by atoms with Gasteiger partial charge in [0, 0.05) is 38.6 Å². The SMILES string of the molecule is c1ccc(-c2ccc(N(c3ccc(-c4ccccc4)cc3)c3cccc(-c4cccc(-c5ccc6c(c5)c5ccccc5n6-c5cccc6c5oc5ccccc56)c4)c3)cc2)cc1. The van der Waals surface area contributed by atoms with Gasteiger partial charge in [0.25, 0.3) is 0 Å². The first-order valence-electron chi connectivity index (χ1n) is 21.5. The Labute approximate surface area is 366 Å². The normalized spacial score (nSPS) is 11.5. The van der Waals surface area contributed by atoms with Gasteiger partial charge < -0.3 is 13.9 Å². The van der Waals surface area contributed by atoms with E-state index in [1.807, 2.05) is 12.1 Å². The van der Waals surface area contributed by atoms with Crippen LogP contribution in [0.25, 0.3) is 93.9 Å². The molecule has 0 radical (unpaired) electrons. The van der Waals surface area contributed by atoms with E-state index in [1.54, 1.807) is 0 Å². The van der Waals surface area contributed by atoms with Crippen molar-refractivity contribution in [2.45, 2.75) is 0 Å². The molecule has 0 amide bonds. The summed E-state index contributed by atoms with van der Waals surface area (Å²) in [6.45, 7) is 0. The Hall–Kier alpha value is -8.40. The molecule has 0 bridgehead atoms. The molecule has 12 aromatic rings. The maximum atomic E-state index is 6.55. The van der Waals surface area contributed by atoms with Crippen LogP contribution in [0.15, 0.2) is 247 Å². The zero-order chi connectivity index (χ0) is 41.7. The third kappa shape index (κ3) is 6.46. The smallest absolute Gasteiger partial charge is 0.159 e. The first-order valence-corrected chi connectivity index (χ1v) is 21.5. The van der Waals surface area contributed by atoms with Crippen molar-refractivity contribution in [1.29, 1.82) is 0 Å². The minimum Gasteiger partial charge on any atom is -0.454 e. The van der Waals surface area contributed by atoms with E-state index in [2.05, 4.69) is 240 Å². The molecule has 0 saturated carbocycles. The molecular formula is C60H40N2O. The Morgan fingerprint density at radius 2 is 0.762 bits per heavy atom. The number of nitrogens with zero attached hydrogens (tertiary/aromatic N) is 2. The Kier molecular flexibility index (Phi) is 8.83. The predicted octanol–water partition coefficient (Wildman–Crippen LogP) is 16.8. The number of aromatic nitrogens is 1. The molecule has 2 heterocycles. The monoisotopic (exact) mass is 804 g/mol. The maximum Gasteiger partial charge on any atom is 0.159 e. The summed E-state index contributed by atoms with van der Waals surface area (Å²) >= 11 is 0. The highest BCUT2D eigenvalue weighted by Crippen LogP contribution is 2.41. The van der Waals surface area contributed by atoms with E-state index in [-0.39, 0.29) is 0 Å². The number of fused-ring (bicyclic) bond motifs is 6. The van der Waals surface area contributed by atoms with Gasteiger partial charge >= 0.3 is 0 Å². The van der Waals surface area contributed by atoms with Crippen LogP contribution in [0.4, 0.5) is 17.1 Å². The van der Waals surface area contributed by atoms with Crippen LogP contribution in [0.3, 0.4) is 0 Å². The Bertz CT molecular complexity index is 3520. The predicted molar refractivity (Wildman–Crippen MR) is 264 cm³/mol. The topological polar surface area (TPSA) is 21.3 Å². The van der Waals surface area contributed by atoms with E-state index in [9.17, 15) is 0 Å². The quantitative estimate of drug-likeness (QED) is 0.153. The first kappa shape index (κ1) is 36.5. The molecule has 0 unspecified atom stereocenters. The van der Waals surface area contributed by atoms with Gasteiger partial charge in [0.2, 0.25) is 0 Å². The molecular weight excluding hydrogens is 765 g/mol. The summed E-state index contributed by atoms with van der Waals surface area (Å²) < 4.78 is 8.90. The summed E-state index contributed by atoms with van der Waals surface area (Å²) in [5, 5.41) is 4.66. The largest absolute Gasteiger partial charge is 0.454 e. The summed E-state index contributed by atoms with van der Waals surface area (Å²) in [6.07, 6.45) is 0. The van der Waals surface area contributed by atoms with Crippen molar-refractivity contribution in [3.8, 4) is 50.2 Å². The molecule has 3 nitrogen and oxygen atoms in total. The second-order valence-corrected chi connectivity index (χ2v) is 16.1. The lowest BCUT2D eigenvalue weighted by atomic mass is 9.97. The van der Waals surface area contributed by atoms with E-state index >= 15 is 0 Å². The minimum atomic E-state index is 0.896. The molecule has 2 aromatic heterocycles. The van der Waals surface area contributed by atoms with Gasteiger partial charge in [-0.15, -0.1) is 0 Å². The van der Waals surface area contributed by atoms with E-state index in [0.717, 1.165) is 66.8 Å². The van der Waals surface area contributed by atoms with Crippen LogP contribution in [0.5, 0.6) is 0 Å². The van der Waals surface area contributed by atoms with Crippen molar-refractivity contribution in [2.75, 3.05) is 4.90 Å². The van der Waals surface area contributed by atoms with Crippen molar-refractivity contribution >= 4 is 60.8 Å². The minimum absolute atomic E-state index is 0.896. The lowest BCUT2D eigenvalue weighted by molar-refractivity contribution is 0.666. The molecule has 0 spiro atoms. The van der Waals surface area contributed by atoms with Crippen LogP contribution in [0.1, 0.15) is 0 Å². The van der Waals surface area contributed by atoms with Gasteiger partial charge in [-0.25, -0.2) is 0 Å². The zero-order valence-corrected chi connectivity index (χ0v) is 34.4. The second-order valence-electron chi connectivity index (χ2n) is 16.1. The molecule has 63 heavy (non-hydrogen) atoms. The highest BCUT2D eigenvalue weighted by molar-refractivity contribution is 6.13. The molecule has 0 saturated heterocycles. The van der Waals surface area contributed by atoms with E-state index < -0.39 is 0 Å². The number of anilines is 3. The van der Waals surface area contributed by atoms with Crippen LogP contribution in [-0.2, 0) is 0 Å². The van der Waals surface area contributed by atoms with Gasteiger partial charge in [0.1, 0.15) is 5.58 Å². The van der Waals surface area contributed by atoms with Gasteiger partial charge in [0.05, 0.1) is 16.7 Å². The number of benzene rings is 10. The van der Waals surface area contributed by atoms with Crippen molar-refractivity contribution in [3.05, 3.63) is 243 Å². The Balaban J connectivity index is 0.930. The number of rotatable bonds is 8. The molecule has 3 heteroatoms. The number of furan rings is 1. The Morgan fingerprint density at radius 3 is 1.44 bits per heavy atom. The Morgan fingerprint density at radius 1 is 0.286 bits per heavy atom. The van der Waals surface area contributed by atoms with Crippen LogP contribution < -0.4 is 4.90 Å². The van der Waals surface area contributed by atoms with Crippen LogP contribution >= 0.6 is 0 Å². The van der Waals surface area contributed by atoms with Crippen LogP contribution in [-0.4, -0.2) is 4.57 Å². The fraction of sp³-hybridized carbons (Fsp3) is 0. The maximum absolute atomic E-state index is 6.55. The van der Waals surface area contributed by atoms with Gasteiger partial charge in [-0.1, -0.05) is 170 Å². The van der Waals surface area contributed by atoms with Crippen molar-refractivity contribution < 1.29 is 4.42 Å². The fourth-order valence-electron chi connectivity index (χ4n) is 9.34. The van der Waals surface area contributed by atoms with Gasteiger partial charge in [-0.3, -0.25) is 0 Å². The van der Waals surface area contributed by atoms with Crippen molar-refractivity contribution in [3.63, 3.8) is 0 Å². The molecule has 0 aliphatic carbocycles. The van der Waals surface area contributed by atoms with Crippen LogP contribution in [0, 0.1) is 0 Å². The molecule has 0 aliphatic rings. The number of para-hydroxylation sites is 3. The van der Waals surface area contributed by atoms with Gasteiger partial charge in [-0.05, 0) is 117 Å². The first-order chi connectivity index (χ1) is 31.2. The summed E-state index contributed by atoms with van der Waals surface area (Å²) in [6, 6.07) is 87.1. The summed E-state index contributed by atoms with van der Waals surface area (Å²) in [5.74, 6) is 0. The molecule has 0 N–H and O–H groups in total. The molecule has 296 valence electrons. The summed E-state index contributed by atoms with van der Waals surface area (Å²) in [4.78, 5) is 2.35. The average molecular weight is 805 g/mol. The zero-order valence-electron chi connectivity index (χ0n) is 34.4.